The summed E-state index contributed by atoms with van der Waals surface area (Å²) >= 11 is 1.85. The lowest BCUT2D eigenvalue weighted by Gasteiger charge is -2.14. The fraction of sp³-hybridized carbons (Fsp3) is 0.300. The molecule has 8 heteroatoms. The molecule has 1 atom stereocenters. The van der Waals surface area contributed by atoms with Gasteiger partial charge in [-0.15, -0.1) is 0 Å². The highest BCUT2D eigenvalue weighted by atomic mass is 127. The first-order valence-electron chi connectivity index (χ1n) is 4.82. The van der Waals surface area contributed by atoms with Gasteiger partial charge in [0.2, 0.25) is 5.91 Å². The summed E-state index contributed by atoms with van der Waals surface area (Å²) in [6, 6.07) is 3.07. The van der Waals surface area contributed by atoms with Crippen molar-refractivity contribution in [2.24, 2.45) is 0 Å². The fourth-order valence-electron chi connectivity index (χ4n) is 1.20. The Balaban J connectivity index is 3.08. The van der Waals surface area contributed by atoms with E-state index in [0.717, 1.165) is 12.1 Å². The van der Waals surface area contributed by atoms with Gasteiger partial charge in [0.05, 0.1) is 15.2 Å². The zero-order valence-corrected chi connectivity index (χ0v) is 11.3. The summed E-state index contributed by atoms with van der Waals surface area (Å²) in [4.78, 5) is 11.4. The SMILES string of the molecule is CC(I)C(=O)Nc1ccc(NO)c(C(F)(F)F)c1. The van der Waals surface area contributed by atoms with Gasteiger partial charge in [-0.1, -0.05) is 22.6 Å². The Bertz CT molecular complexity index is 449. The summed E-state index contributed by atoms with van der Waals surface area (Å²) in [7, 11) is 0. The van der Waals surface area contributed by atoms with Crippen molar-refractivity contribution in [2.75, 3.05) is 10.8 Å². The molecule has 1 amide bonds. The Morgan fingerprint density at radius 1 is 1.44 bits per heavy atom. The van der Waals surface area contributed by atoms with E-state index in [1.54, 1.807) is 6.92 Å². The van der Waals surface area contributed by atoms with Crippen molar-refractivity contribution in [1.82, 2.24) is 0 Å². The maximum Gasteiger partial charge on any atom is 0.418 e. The second kappa shape index (κ2) is 5.74. The smallest absolute Gasteiger partial charge is 0.325 e. The minimum Gasteiger partial charge on any atom is -0.325 e. The molecule has 0 saturated carbocycles. The van der Waals surface area contributed by atoms with E-state index in [-0.39, 0.29) is 9.61 Å². The van der Waals surface area contributed by atoms with Crippen molar-refractivity contribution in [3.05, 3.63) is 23.8 Å². The van der Waals surface area contributed by atoms with E-state index in [2.05, 4.69) is 5.32 Å². The van der Waals surface area contributed by atoms with Crippen LogP contribution in [0.4, 0.5) is 24.5 Å². The van der Waals surface area contributed by atoms with Gasteiger partial charge >= 0.3 is 6.18 Å². The van der Waals surface area contributed by atoms with E-state index in [1.165, 1.54) is 11.5 Å². The molecule has 0 aliphatic heterocycles. The highest BCUT2D eigenvalue weighted by Crippen LogP contribution is 2.36. The first-order valence-corrected chi connectivity index (χ1v) is 6.06. The van der Waals surface area contributed by atoms with Crippen LogP contribution in [0, 0.1) is 0 Å². The number of benzene rings is 1. The first-order chi connectivity index (χ1) is 8.25. The van der Waals surface area contributed by atoms with Crippen LogP contribution in [0.5, 0.6) is 0 Å². The van der Waals surface area contributed by atoms with Gasteiger partial charge in [-0.2, -0.15) is 13.2 Å². The topological polar surface area (TPSA) is 61.4 Å². The van der Waals surface area contributed by atoms with Gasteiger partial charge < -0.3 is 5.32 Å². The van der Waals surface area contributed by atoms with Crippen LogP contribution in [0.25, 0.3) is 0 Å². The number of hydrogen-bond acceptors (Lipinski definition) is 3. The second-order valence-corrected chi connectivity index (χ2v) is 5.34. The Morgan fingerprint density at radius 2 is 2.06 bits per heavy atom. The maximum absolute atomic E-state index is 12.6. The molecule has 0 aliphatic carbocycles. The number of alkyl halides is 4. The largest absolute Gasteiger partial charge is 0.418 e. The predicted octanol–water partition coefficient (Wildman–Crippen LogP) is 3.27. The fourth-order valence-corrected chi connectivity index (χ4v) is 1.35. The van der Waals surface area contributed by atoms with Crippen molar-refractivity contribution in [3.8, 4) is 0 Å². The van der Waals surface area contributed by atoms with Crippen molar-refractivity contribution in [3.63, 3.8) is 0 Å². The van der Waals surface area contributed by atoms with Crippen molar-refractivity contribution < 1.29 is 23.2 Å². The minimum atomic E-state index is -4.62. The summed E-state index contributed by atoms with van der Waals surface area (Å²) in [5.41, 5.74) is -0.0271. The number of nitrogens with one attached hydrogen (secondary N) is 2. The third kappa shape index (κ3) is 3.73. The molecule has 0 saturated heterocycles. The molecule has 0 aromatic heterocycles. The van der Waals surface area contributed by atoms with Crippen LogP contribution in [-0.2, 0) is 11.0 Å². The molecule has 0 radical (unpaired) electrons. The van der Waals surface area contributed by atoms with E-state index >= 15 is 0 Å². The van der Waals surface area contributed by atoms with Crippen molar-refractivity contribution in [1.29, 1.82) is 0 Å². The highest BCUT2D eigenvalue weighted by Gasteiger charge is 2.34. The third-order valence-corrected chi connectivity index (χ3v) is 2.64. The first kappa shape index (κ1) is 15.0. The molecule has 0 bridgehead atoms. The van der Waals surface area contributed by atoms with Crippen LogP contribution >= 0.6 is 22.6 Å². The molecule has 18 heavy (non-hydrogen) atoms. The molecule has 0 aliphatic rings. The van der Waals surface area contributed by atoms with E-state index in [4.69, 9.17) is 5.21 Å². The molecule has 1 aromatic rings. The zero-order chi connectivity index (χ0) is 13.9. The molecule has 0 spiro atoms. The molecule has 1 unspecified atom stereocenters. The predicted molar refractivity (Wildman–Crippen MR) is 69.0 cm³/mol. The minimum absolute atomic E-state index is 0.0230. The van der Waals surface area contributed by atoms with Gasteiger partial charge in [0.1, 0.15) is 0 Å². The van der Waals surface area contributed by atoms with Gasteiger partial charge in [0, 0.05) is 5.69 Å². The molecule has 0 fully saturated rings. The molecule has 1 rings (SSSR count). The third-order valence-electron chi connectivity index (χ3n) is 2.07. The highest BCUT2D eigenvalue weighted by molar-refractivity contribution is 14.1. The normalized spacial score (nSPS) is 13.0. The summed E-state index contributed by atoms with van der Waals surface area (Å²) < 4.78 is 37.6. The summed E-state index contributed by atoms with van der Waals surface area (Å²) in [6.45, 7) is 1.62. The second-order valence-electron chi connectivity index (χ2n) is 3.48. The number of rotatable bonds is 3. The monoisotopic (exact) mass is 374 g/mol. The Hall–Kier alpha value is -1.03. The lowest BCUT2D eigenvalue weighted by atomic mass is 10.1. The lowest BCUT2D eigenvalue weighted by Crippen LogP contribution is -2.20. The van der Waals surface area contributed by atoms with Crippen LogP contribution in [0.2, 0.25) is 0 Å². The quantitative estimate of drug-likeness (QED) is 0.433. The van der Waals surface area contributed by atoms with Gasteiger partial charge in [0.25, 0.3) is 0 Å². The molecule has 3 N–H and O–H groups in total. The molecule has 4 nitrogen and oxygen atoms in total. The number of hydrogen-bond donors (Lipinski definition) is 3. The van der Waals surface area contributed by atoms with E-state index in [1.807, 2.05) is 22.6 Å². The van der Waals surface area contributed by atoms with E-state index in [0.29, 0.717) is 0 Å². The Morgan fingerprint density at radius 3 is 2.50 bits per heavy atom. The van der Waals surface area contributed by atoms with Gasteiger partial charge in [-0.05, 0) is 25.1 Å². The van der Waals surface area contributed by atoms with Gasteiger partial charge in [0.15, 0.2) is 0 Å². The average molecular weight is 374 g/mol. The molecule has 1 aromatic carbocycles. The van der Waals surface area contributed by atoms with Gasteiger partial charge in [-0.25, -0.2) is 0 Å². The van der Waals surface area contributed by atoms with Crippen LogP contribution < -0.4 is 10.8 Å². The maximum atomic E-state index is 12.6. The average Bonchev–Trinajstić information content (AvgIpc) is 2.27. The number of halogens is 4. The Kier molecular flexibility index (Phi) is 4.79. The lowest BCUT2D eigenvalue weighted by molar-refractivity contribution is -0.137. The summed E-state index contributed by atoms with van der Waals surface area (Å²) in [5, 5.41) is 11.0. The summed E-state index contributed by atoms with van der Waals surface area (Å²) in [5.74, 6) is -0.395. The van der Waals surface area contributed by atoms with E-state index in [9.17, 15) is 18.0 Å². The van der Waals surface area contributed by atoms with Crippen LogP contribution in [-0.4, -0.2) is 15.0 Å². The van der Waals surface area contributed by atoms with Crippen molar-refractivity contribution >= 4 is 39.9 Å². The summed E-state index contributed by atoms with van der Waals surface area (Å²) in [6.07, 6.45) is -4.62. The number of carbonyl (C=O) groups excluding carboxylic acids is 1. The molecule has 100 valence electrons. The number of carbonyl (C=O) groups is 1. The van der Waals surface area contributed by atoms with Gasteiger partial charge in [-0.3, -0.25) is 15.5 Å². The van der Waals surface area contributed by atoms with Crippen molar-refractivity contribution in [2.45, 2.75) is 17.0 Å². The molecular formula is C10H10F3IN2O2. The standard InChI is InChI=1S/C10H10F3IN2O2/c1-5(14)9(17)15-6-2-3-8(16-18)7(4-6)10(11,12)13/h2-5,16,18H,1H3,(H,15,17). The zero-order valence-electron chi connectivity index (χ0n) is 9.18. The number of anilines is 2. The molecular weight excluding hydrogens is 364 g/mol. The van der Waals surface area contributed by atoms with Crippen LogP contribution in [0.1, 0.15) is 12.5 Å². The van der Waals surface area contributed by atoms with E-state index < -0.39 is 23.3 Å². The van der Waals surface area contributed by atoms with Crippen LogP contribution in [0.3, 0.4) is 0 Å². The van der Waals surface area contributed by atoms with Crippen LogP contribution in [0.15, 0.2) is 18.2 Å². The Labute approximate surface area is 115 Å². The number of amides is 1. The molecule has 0 heterocycles.